The Bertz CT molecular complexity index is 813. The van der Waals surface area contributed by atoms with Gasteiger partial charge >= 0.3 is 0 Å². The third-order valence-electron chi connectivity index (χ3n) is 4.97. The quantitative estimate of drug-likeness (QED) is 0.783. The van der Waals surface area contributed by atoms with E-state index in [-0.39, 0.29) is 23.1 Å². The number of carbonyl (C=O) groups excluding carboxylic acids is 2. The number of anilines is 1. The van der Waals surface area contributed by atoms with Crippen LogP contribution in [0.15, 0.2) is 18.2 Å². The van der Waals surface area contributed by atoms with Crippen molar-refractivity contribution in [2.75, 3.05) is 5.32 Å². The Kier molecular flexibility index (Phi) is 5.03. The van der Waals surface area contributed by atoms with Gasteiger partial charge in [0.2, 0.25) is 11.8 Å². The Labute approximate surface area is 154 Å². The maximum Gasteiger partial charge on any atom is 0.247 e. The summed E-state index contributed by atoms with van der Waals surface area (Å²) >= 11 is 0. The Hall–Kier alpha value is -2.37. The van der Waals surface area contributed by atoms with Crippen molar-refractivity contribution >= 4 is 28.5 Å². The lowest BCUT2D eigenvalue weighted by molar-refractivity contribution is -0.126. The molecule has 1 unspecified atom stereocenters. The van der Waals surface area contributed by atoms with E-state index in [1.807, 2.05) is 18.2 Å². The minimum atomic E-state index is -0.474. The van der Waals surface area contributed by atoms with Crippen molar-refractivity contribution < 1.29 is 9.59 Å². The molecule has 1 saturated carbocycles. The van der Waals surface area contributed by atoms with E-state index in [2.05, 4.69) is 41.4 Å². The zero-order valence-corrected chi connectivity index (χ0v) is 16.0. The number of rotatable bonds is 4. The maximum absolute atomic E-state index is 12.8. The van der Waals surface area contributed by atoms with E-state index in [9.17, 15) is 9.59 Å². The molecule has 3 N–H and O–H groups in total. The number of aromatic amines is 1. The average molecular weight is 356 g/mol. The van der Waals surface area contributed by atoms with E-state index >= 15 is 0 Å². The maximum atomic E-state index is 12.8. The first-order chi connectivity index (χ1) is 12.2. The van der Waals surface area contributed by atoms with Gasteiger partial charge < -0.3 is 15.6 Å². The van der Waals surface area contributed by atoms with Crippen LogP contribution in [0.4, 0.5) is 5.69 Å². The van der Waals surface area contributed by atoms with Crippen LogP contribution >= 0.6 is 0 Å². The Morgan fingerprint density at radius 3 is 2.54 bits per heavy atom. The van der Waals surface area contributed by atoms with Crippen molar-refractivity contribution in [2.24, 2.45) is 5.92 Å². The minimum Gasteiger partial charge on any atom is -0.344 e. The number of aromatic nitrogens is 2. The molecule has 1 atom stereocenters. The molecule has 1 aliphatic carbocycles. The molecule has 1 aromatic heterocycles. The fraction of sp³-hybridized carbons (Fsp3) is 0.550. The highest BCUT2D eigenvalue weighted by Crippen LogP contribution is 2.29. The van der Waals surface area contributed by atoms with Gasteiger partial charge in [-0.05, 0) is 37.0 Å². The summed E-state index contributed by atoms with van der Waals surface area (Å²) in [6, 6.07) is 5.18. The monoisotopic (exact) mass is 356 g/mol. The van der Waals surface area contributed by atoms with Crippen molar-refractivity contribution in [1.82, 2.24) is 15.3 Å². The number of fused-ring (bicyclic) bond motifs is 1. The average Bonchev–Trinajstić information content (AvgIpc) is 3.20. The van der Waals surface area contributed by atoms with Gasteiger partial charge in [-0.2, -0.15) is 0 Å². The predicted octanol–water partition coefficient (Wildman–Crippen LogP) is 3.49. The molecule has 26 heavy (non-hydrogen) atoms. The second kappa shape index (κ2) is 7.09. The molecule has 0 spiro atoms. The zero-order valence-electron chi connectivity index (χ0n) is 16.0. The Balaban J connectivity index is 1.79. The molecular formula is C20H28N4O2. The van der Waals surface area contributed by atoms with Crippen LogP contribution in [0, 0.1) is 5.92 Å². The first-order valence-corrected chi connectivity index (χ1v) is 9.32. The molecule has 0 radical (unpaired) electrons. The van der Waals surface area contributed by atoms with Crippen LogP contribution in [0.3, 0.4) is 0 Å². The van der Waals surface area contributed by atoms with Gasteiger partial charge in [0.25, 0.3) is 0 Å². The van der Waals surface area contributed by atoms with E-state index in [1.165, 1.54) is 6.92 Å². The highest BCUT2D eigenvalue weighted by Gasteiger charge is 2.31. The third kappa shape index (κ3) is 4.06. The second-order valence-electron chi connectivity index (χ2n) is 8.28. The number of amides is 2. The lowest BCUT2D eigenvalue weighted by Crippen LogP contribution is -2.47. The standard InChI is InChI=1S/C20H28N4O2/c1-12(25)21-17(13-7-5-6-8-13)18(26)22-14-9-10-15-16(11-14)24-19(23-15)20(2,3)4/h9-11,13,17H,5-8H2,1-4H3,(H,21,25)(H,22,26)(H,23,24). The number of hydrogen-bond donors (Lipinski definition) is 3. The molecule has 0 aliphatic heterocycles. The molecule has 6 heteroatoms. The van der Waals surface area contributed by atoms with E-state index in [0.29, 0.717) is 5.69 Å². The molecule has 1 fully saturated rings. The number of nitrogens with one attached hydrogen (secondary N) is 3. The summed E-state index contributed by atoms with van der Waals surface area (Å²) in [4.78, 5) is 32.3. The molecule has 0 saturated heterocycles. The van der Waals surface area contributed by atoms with Crippen LogP contribution in [-0.4, -0.2) is 27.8 Å². The van der Waals surface area contributed by atoms with Gasteiger partial charge in [0, 0.05) is 18.0 Å². The lowest BCUT2D eigenvalue weighted by atomic mass is 9.96. The molecule has 1 heterocycles. The molecule has 2 aromatic rings. The molecule has 1 aromatic carbocycles. The van der Waals surface area contributed by atoms with Crippen molar-refractivity contribution in [3.63, 3.8) is 0 Å². The molecule has 3 rings (SSSR count). The van der Waals surface area contributed by atoms with Gasteiger partial charge in [0.1, 0.15) is 11.9 Å². The van der Waals surface area contributed by atoms with Gasteiger partial charge in [-0.3, -0.25) is 9.59 Å². The van der Waals surface area contributed by atoms with Gasteiger partial charge in [0.15, 0.2) is 0 Å². The number of imidazole rings is 1. The Morgan fingerprint density at radius 1 is 1.23 bits per heavy atom. The summed E-state index contributed by atoms with van der Waals surface area (Å²) in [5.74, 6) is 0.804. The Morgan fingerprint density at radius 2 is 1.92 bits per heavy atom. The van der Waals surface area contributed by atoms with Crippen LogP contribution in [-0.2, 0) is 15.0 Å². The van der Waals surface area contributed by atoms with Crippen LogP contribution < -0.4 is 10.6 Å². The molecule has 2 amide bonds. The molecule has 1 aliphatic rings. The molecule has 6 nitrogen and oxygen atoms in total. The van der Waals surface area contributed by atoms with E-state index in [4.69, 9.17) is 0 Å². The summed E-state index contributed by atoms with van der Waals surface area (Å²) in [5, 5.41) is 5.79. The van der Waals surface area contributed by atoms with Crippen LogP contribution in [0.5, 0.6) is 0 Å². The van der Waals surface area contributed by atoms with E-state index < -0.39 is 6.04 Å². The molecular weight excluding hydrogens is 328 g/mol. The zero-order chi connectivity index (χ0) is 18.9. The SMILES string of the molecule is CC(=O)NC(C(=O)Nc1ccc2nc(C(C)(C)C)[nH]c2c1)C1CCCC1. The first kappa shape index (κ1) is 18.4. The topological polar surface area (TPSA) is 86.9 Å². The van der Waals surface area contributed by atoms with E-state index in [0.717, 1.165) is 42.5 Å². The summed E-state index contributed by atoms with van der Waals surface area (Å²) in [6.07, 6.45) is 4.19. The largest absolute Gasteiger partial charge is 0.344 e. The lowest BCUT2D eigenvalue weighted by Gasteiger charge is -2.23. The summed E-state index contributed by atoms with van der Waals surface area (Å²) in [5.41, 5.74) is 2.41. The van der Waals surface area contributed by atoms with Crippen LogP contribution in [0.1, 0.15) is 59.2 Å². The number of nitrogens with zero attached hydrogens (tertiary/aromatic N) is 1. The van der Waals surface area contributed by atoms with Gasteiger partial charge in [-0.25, -0.2) is 4.98 Å². The highest BCUT2D eigenvalue weighted by atomic mass is 16.2. The second-order valence-corrected chi connectivity index (χ2v) is 8.28. The van der Waals surface area contributed by atoms with E-state index in [1.54, 1.807) is 0 Å². The fourth-order valence-corrected chi connectivity index (χ4v) is 3.57. The number of hydrogen-bond acceptors (Lipinski definition) is 3. The number of carbonyl (C=O) groups is 2. The van der Waals surface area contributed by atoms with Gasteiger partial charge in [-0.1, -0.05) is 33.6 Å². The fourth-order valence-electron chi connectivity index (χ4n) is 3.57. The molecule has 0 bridgehead atoms. The van der Waals surface area contributed by atoms with Gasteiger partial charge in [0.05, 0.1) is 11.0 Å². The smallest absolute Gasteiger partial charge is 0.247 e. The predicted molar refractivity (Wildman–Crippen MR) is 103 cm³/mol. The van der Waals surface area contributed by atoms with Gasteiger partial charge in [-0.15, -0.1) is 0 Å². The van der Waals surface area contributed by atoms with Crippen molar-refractivity contribution in [2.45, 2.75) is 64.8 Å². The van der Waals surface area contributed by atoms with Crippen molar-refractivity contribution in [3.8, 4) is 0 Å². The summed E-state index contributed by atoms with van der Waals surface area (Å²) < 4.78 is 0. The number of H-pyrrole nitrogens is 1. The van der Waals surface area contributed by atoms with Crippen LogP contribution in [0.2, 0.25) is 0 Å². The highest BCUT2D eigenvalue weighted by molar-refractivity contribution is 5.98. The summed E-state index contributed by atoms with van der Waals surface area (Å²) in [6.45, 7) is 7.77. The summed E-state index contributed by atoms with van der Waals surface area (Å²) in [7, 11) is 0. The molecule has 140 valence electrons. The van der Waals surface area contributed by atoms with Crippen LogP contribution in [0.25, 0.3) is 11.0 Å². The number of benzene rings is 1. The van der Waals surface area contributed by atoms with Crippen molar-refractivity contribution in [1.29, 1.82) is 0 Å². The van der Waals surface area contributed by atoms with Crippen molar-refractivity contribution in [3.05, 3.63) is 24.0 Å². The normalized spacial score (nSPS) is 16.6. The third-order valence-corrected chi connectivity index (χ3v) is 4.97. The minimum absolute atomic E-state index is 0.0680. The first-order valence-electron chi connectivity index (χ1n) is 9.32.